The molecule has 1 aromatic carbocycles. The molecule has 7 atom stereocenters. The maximum atomic E-state index is 13.3. The Hall–Kier alpha value is -1.47. The monoisotopic (exact) mass is 613 g/mol. The molecular formula is C28H43N3O6S3. The summed E-state index contributed by atoms with van der Waals surface area (Å²) >= 11 is 3.44. The standard InChI is InChI=1S/C28H43N3O6S3/c1-18-24(11-13-40(18,35)36)37-27(34)29-21(17-39-20-8-6-5-7-9-20)23(32)16-31-15-19-10-12-38-25(19)14-22(31)26(33)30-28(2,3)4/h5-9,18-19,21-25,32H,10-17H2,1-4H3,(H,29,34)(H,30,33)/t18-,19-,21+,22?,23-,24-,25+/m1/s1. The smallest absolute Gasteiger partial charge is 0.407 e. The quantitative estimate of drug-likeness (QED) is 0.361. The molecule has 3 N–H and O–H groups in total. The number of likely N-dealkylation sites (tertiary alicyclic amines) is 1. The summed E-state index contributed by atoms with van der Waals surface area (Å²) in [6.45, 7) is 8.39. The first-order chi connectivity index (χ1) is 18.8. The Bertz CT molecular complexity index is 1130. The minimum absolute atomic E-state index is 0.00451. The van der Waals surface area contributed by atoms with Gasteiger partial charge in [0.05, 0.1) is 29.2 Å². The number of nitrogens with zero attached hydrogens (tertiary/aromatic N) is 1. The zero-order valence-corrected chi connectivity index (χ0v) is 26.2. The number of hydrogen-bond acceptors (Lipinski definition) is 9. The Kier molecular flexibility index (Phi) is 10.4. The number of sulfone groups is 1. The fraction of sp³-hybridized carbons (Fsp3) is 0.714. The van der Waals surface area contributed by atoms with Crippen molar-refractivity contribution in [2.45, 2.75) is 92.2 Å². The molecule has 2 amide bonds. The van der Waals surface area contributed by atoms with E-state index in [1.165, 1.54) is 11.8 Å². The molecule has 3 aliphatic heterocycles. The number of alkyl carbamates (subject to hydrolysis) is 1. The third-order valence-electron chi connectivity index (χ3n) is 7.91. The normalized spacial score (nSPS) is 29.8. The summed E-state index contributed by atoms with van der Waals surface area (Å²) in [5.74, 6) is 1.89. The number of benzene rings is 1. The van der Waals surface area contributed by atoms with Crippen LogP contribution in [0.4, 0.5) is 4.79 Å². The second kappa shape index (κ2) is 13.2. The van der Waals surface area contributed by atoms with Crippen molar-refractivity contribution in [3.05, 3.63) is 30.3 Å². The lowest BCUT2D eigenvalue weighted by Gasteiger charge is -2.43. The van der Waals surface area contributed by atoms with Crippen molar-refractivity contribution < 1.29 is 27.9 Å². The van der Waals surface area contributed by atoms with E-state index < -0.39 is 39.4 Å². The largest absolute Gasteiger partial charge is 0.445 e. The summed E-state index contributed by atoms with van der Waals surface area (Å²) in [5, 5.41) is 17.1. The van der Waals surface area contributed by atoms with Gasteiger partial charge in [-0.15, -0.1) is 11.8 Å². The minimum atomic E-state index is -3.27. The van der Waals surface area contributed by atoms with Gasteiger partial charge in [0.2, 0.25) is 5.91 Å². The Morgan fingerprint density at radius 3 is 2.60 bits per heavy atom. The van der Waals surface area contributed by atoms with Gasteiger partial charge in [0.15, 0.2) is 9.84 Å². The van der Waals surface area contributed by atoms with Crippen molar-refractivity contribution >= 4 is 45.4 Å². The van der Waals surface area contributed by atoms with Gasteiger partial charge in [0, 0.05) is 34.5 Å². The molecule has 1 unspecified atom stereocenters. The summed E-state index contributed by atoms with van der Waals surface area (Å²) in [7, 11) is -3.27. The molecule has 3 heterocycles. The van der Waals surface area contributed by atoms with Gasteiger partial charge in [-0.2, -0.15) is 11.8 Å². The van der Waals surface area contributed by atoms with Crippen molar-refractivity contribution in [2.75, 3.05) is 30.3 Å². The molecule has 0 aliphatic carbocycles. The molecule has 1 aromatic rings. The molecule has 12 heteroatoms. The molecule has 4 rings (SSSR count). The van der Waals surface area contributed by atoms with E-state index in [0.717, 1.165) is 30.0 Å². The fourth-order valence-corrected chi connectivity index (χ4v) is 9.78. The molecule has 40 heavy (non-hydrogen) atoms. The first-order valence-electron chi connectivity index (χ1n) is 14.0. The van der Waals surface area contributed by atoms with Gasteiger partial charge < -0.3 is 20.5 Å². The third-order valence-corrected chi connectivity index (χ3v) is 12.8. The Balaban J connectivity index is 1.46. The van der Waals surface area contributed by atoms with Gasteiger partial charge in [-0.1, -0.05) is 18.2 Å². The van der Waals surface area contributed by atoms with Crippen molar-refractivity contribution in [1.29, 1.82) is 0 Å². The number of hydrogen-bond donors (Lipinski definition) is 3. The van der Waals surface area contributed by atoms with Crippen LogP contribution in [-0.2, 0) is 19.4 Å². The van der Waals surface area contributed by atoms with E-state index >= 15 is 0 Å². The molecule has 0 spiro atoms. The van der Waals surface area contributed by atoms with Crippen LogP contribution in [0, 0.1) is 5.92 Å². The highest BCUT2D eigenvalue weighted by Gasteiger charge is 2.44. The van der Waals surface area contributed by atoms with Gasteiger partial charge in [-0.3, -0.25) is 9.69 Å². The number of carbonyl (C=O) groups is 2. The fourth-order valence-electron chi connectivity index (χ4n) is 5.62. The molecule has 0 saturated carbocycles. The van der Waals surface area contributed by atoms with E-state index in [2.05, 4.69) is 15.5 Å². The van der Waals surface area contributed by atoms with Crippen LogP contribution in [0.5, 0.6) is 0 Å². The molecule has 0 bridgehead atoms. The van der Waals surface area contributed by atoms with Crippen LogP contribution in [0.3, 0.4) is 0 Å². The molecule has 9 nitrogen and oxygen atoms in total. The lowest BCUT2D eigenvalue weighted by atomic mass is 9.89. The number of ether oxygens (including phenoxy) is 1. The van der Waals surface area contributed by atoms with E-state index in [1.807, 2.05) is 62.9 Å². The topological polar surface area (TPSA) is 125 Å². The van der Waals surface area contributed by atoms with E-state index in [4.69, 9.17) is 4.74 Å². The number of amides is 2. The number of β-amino-alcohol motifs (C(OH)–C–C–N with tert-alkyl or cyclic N) is 1. The highest BCUT2D eigenvalue weighted by Crippen LogP contribution is 2.40. The first kappa shape index (κ1) is 31.5. The zero-order chi connectivity index (χ0) is 29.1. The van der Waals surface area contributed by atoms with Crippen molar-refractivity contribution in [3.63, 3.8) is 0 Å². The van der Waals surface area contributed by atoms with E-state index in [0.29, 0.717) is 16.9 Å². The van der Waals surface area contributed by atoms with Gasteiger partial charge in [0.25, 0.3) is 0 Å². The second-order valence-electron chi connectivity index (χ2n) is 12.1. The van der Waals surface area contributed by atoms with E-state index in [-0.39, 0.29) is 36.2 Å². The highest BCUT2D eigenvalue weighted by molar-refractivity contribution is 8.00. The third kappa shape index (κ3) is 8.30. The SMILES string of the molecule is C[C@@H]1[C@H](OC(=O)N[C@@H](CSc2ccccc2)[C@H](O)CN2C[C@H]3CCS[C@H]3CC2C(=O)NC(C)(C)C)CCS1(=O)=O. The molecule has 0 aromatic heterocycles. The van der Waals surface area contributed by atoms with E-state index in [9.17, 15) is 23.1 Å². The van der Waals surface area contributed by atoms with Crippen molar-refractivity contribution in [1.82, 2.24) is 15.5 Å². The maximum absolute atomic E-state index is 13.3. The number of aliphatic hydroxyl groups excluding tert-OH is 1. The first-order valence-corrected chi connectivity index (χ1v) is 17.8. The summed E-state index contributed by atoms with van der Waals surface area (Å²) in [6.07, 6.45) is -0.327. The number of rotatable bonds is 9. The number of carbonyl (C=O) groups excluding carboxylic acids is 2. The molecule has 0 radical (unpaired) electrons. The highest BCUT2D eigenvalue weighted by atomic mass is 32.2. The number of fused-ring (bicyclic) bond motifs is 1. The summed E-state index contributed by atoms with van der Waals surface area (Å²) in [4.78, 5) is 29.3. The van der Waals surface area contributed by atoms with Gasteiger partial charge >= 0.3 is 6.09 Å². The molecule has 3 saturated heterocycles. The minimum Gasteiger partial charge on any atom is -0.445 e. The average Bonchev–Trinajstić information content (AvgIpc) is 3.44. The Morgan fingerprint density at radius 1 is 1.23 bits per heavy atom. The van der Waals surface area contributed by atoms with Crippen LogP contribution in [0.25, 0.3) is 0 Å². The summed E-state index contributed by atoms with van der Waals surface area (Å²) < 4.78 is 29.8. The number of piperidine rings is 1. The summed E-state index contributed by atoms with van der Waals surface area (Å²) in [5.41, 5.74) is -0.369. The average molecular weight is 614 g/mol. The summed E-state index contributed by atoms with van der Waals surface area (Å²) in [6, 6.07) is 8.68. The van der Waals surface area contributed by atoms with Crippen molar-refractivity contribution in [3.8, 4) is 0 Å². The maximum Gasteiger partial charge on any atom is 0.407 e. The van der Waals surface area contributed by atoms with Crippen LogP contribution in [0.15, 0.2) is 35.2 Å². The predicted molar refractivity (Wildman–Crippen MR) is 160 cm³/mol. The zero-order valence-electron chi connectivity index (χ0n) is 23.7. The predicted octanol–water partition coefficient (Wildman–Crippen LogP) is 2.92. The lowest BCUT2D eigenvalue weighted by Crippen LogP contribution is -2.60. The van der Waals surface area contributed by atoms with Gasteiger partial charge in [0.1, 0.15) is 6.10 Å². The van der Waals surface area contributed by atoms with Crippen molar-refractivity contribution in [2.24, 2.45) is 5.92 Å². The lowest BCUT2D eigenvalue weighted by molar-refractivity contribution is -0.130. The van der Waals surface area contributed by atoms with Crippen LogP contribution in [0.1, 0.15) is 47.0 Å². The van der Waals surface area contributed by atoms with Gasteiger partial charge in [-0.05, 0) is 70.8 Å². The second-order valence-corrected chi connectivity index (χ2v) is 17.1. The molecule has 3 aliphatic rings. The van der Waals surface area contributed by atoms with Crippen LogP contribution in [0.2, 0.25) is 0 Å². The van der Waals surface area contributed by atoms with Crippen LogP contribution >= 0.6 is 23.5 Å². The van der Waals surface area contributed by atoms with Crippen LogP contribution in [-0.4, -0.2) is 101 Å². The Labute approximate surface area is 246 Å². The Morgan fingerprint density at radius 2 is 1.95 bits per heavy atom. The van der Waals surface area contributed by atoms with Crippen LogP contribution < -0.4 is 10.6 Å². The van der Waals surface area contributed by atoms with Gasteiger partial charge in [-0.25, -0.2) is 13.2 Å². The molecular weight excluding hydrogens is 571 g/mol. The number of thioether (sulfide) groups is 2. The molecule has 3 fully saturated rings. The molecule has 224 valence electrons. The number of nitrogens with one attached hydrogen (secondary N) is 2. The van der Waals surface area contributed by atoms with E-state index in [1.54, 1.807) is 6.92 Å². The number of aliphatic hydroxyl groups is 1.